The molecule has 0 aliphatic heterocycles. The van der Waals surface area contributed by atoms with E-state index in [2.05, 4.69) is 15.9 Å². The van der Waals surface area contributed by atoms with Crippen molar-refractivity contribution in [1.29, 1.82) is 5.41 Å². The van der Waals surface area contributed by atoms with Gasteiger partial charge < -0.3 is 0 Å². The number of halogens is 1. The first-order valence-corrected chi connectivity index (χ1v) is 4.08. The van der Waals surface area contributed by atoms with E-state index in [1.165, 1.54) is 0 Å². The normalized spacial score (nSPS) is 12.5. The second-order valence-corrected chi connectivity index (χ2v) is 2.68. The van der Waals surface area contributed by atoms with Gasteiger partial charge in [-0.1, -0.05) is 25.2 Å². The summed E-state index contributed by atoms with van der Waals surface area (Å²) in [5, 5.41) is 7.24. The lowest BCUT2D eigenvalue weighted by Crippen LogP contribution is -1.87. The van der Waals surface area contributed by atoms with Crippen molar-refractivity contribution in [3.63, 3.8) is 0 Å². The Balaban J connectivity index is 4.18. The average Bonchev–Trinajstić information content (AvgIpc) is 1.89. The molecule has 0 rings (SSSR count). The Labute approximate surface area is 70.5 Å². The van der Waals surface area contributed by atoms with Crippen molar-refractivity contribution >= 4 is 20.6 Å². The van der Waals surface area contributed by atoms with Gasteiger partial charge in [0.1, 0.15) is 0 Å². The molecule has 0 aliphatic rings. The number of rotatable bonds is 3. The minimum absolute atomic E-state index is 0.480. The predicted molar refractivity (Wildman–Crippen MR) is 49.8 cm³/mol. The first-order valence-electron chi connectivity index (χ1n) is 3.28. The molecule has 0 saturated carbocycles. The van der Waals surface area contributed by atoms with Crippen LogP contribution in [0.15, 0.2) is 23.8 Å². The smallest absolute Gasteiger partial charge is 0.0998 e. The van der Waals surface area contributed by atoms with Gasteiger partial charge in [-0.3, -0.25) is 5.41 Å². The largest absolute Gasteiger partial charge is 0.293 e. The lowest BCUT2D eigenvalue weighted by atomic mass is 10.2. The van der Waals surface area contributed by atoms with Crippen LogP contribution in [0.5, 0.6) is 0 Å². The minimum atomic E-state index is 0.480. The summed E-state index contributed by atoms with van der Waals surface area (Å²) in [6.45, 7) is 3.99. The van der Waals surface area contributed by atoms with Crippen LogP contribution < -0.4 is 0 Å². The van der Waals surface area contributed by atoms with Crippen LogP contribution in [0, 0.1) is 5.41 Å². The SMILES string of the molecule is C/C=C\C=C(\CC)C(=N)Br. The standard InChI is InChI=1S/C8H12BrN/c1-3-5-6-7(4-2)8(9)10/h3,5-6,10H,4H2,1-2H3/b5-3-,7-6-,10-8?. The fourth-order valence-corrected chi connectivity index (χ4v) is 0.971. The monoisotopic (exact) mass is 201 g/mol. The Kier molecular flexibility index (Phi) is 5.22. The zero-order valence-electron chi connectivity index (χ0n) is 6.32. The Morgan fingerprint density at radius 1 is 1.60 bits per heavy atom. The molecule has 0 heterocycles. The van der Waals surface area contributed by atoms with Gasteiger partial charge in [0, 0.05) is 0 Å². The van der Waals surface area contributed by atoms with Crippen LogP contribution in [0.3, 0.4) is 0 Å². The molecule has 0 atom stereocenters. The molecule has 0 aromatic heterocycles. The second-order valence-electron chi connectivity index (χ2n) is 1.89. The van der Waals surface area contributed by atoms with Crippen molar-refractivity contribution in [2.75, 3.05) is 0 Å². The van der Waals surface area contributed by atoms with Gasteiger partial charge >= 0.3 is 0 Å². The van der Waals surface area contributed by atoms with Crippen molar-refractivity contribution in [3.8, 4) is 0 Å². The highest BCUT2D eigenvalue weighted by Crippen LogP contribution is 2.07. The van der Waals surface area contributed by atoms with Gasteiger partial charge in [0.05, 0.1) is 4.62 Å². The maximum atomic E-state index is 7.24. The van der Waals surface area contributed by atoms with E-state index >= 15 is 0 Å². The van der Waals surface area contributed by atoms with Gasteiger partial charge in [0.15, 0.2) is 0 Å². The third kappa shape index (κ3) is 3.62. The third-order valence-corrected chi connectivity index (χ3v) is 1.66. The van der Waals surface area contributed by atoms with E-state index in [-0.39, 0.29) is 0 Å². The van der Waals surface area contributed by atoms with E-state index in [0.29, 0.717) is 4.62 Å². The highest BCUT2D eigenvalue weighted by atomic mass is 79.9. The van der Waals surface area contributed by atoms with Crippen LogP contribution in [-0.4, -0.2) is 4.62 Å². The van der Waals surface area contributed by atoms with Crippen molar-refractivity contribution in [1.82, 2.24) is 0 Å². The molecule has 0 aliphatic carbocycles. The summed E-state index contributed by atoms with van der Waals surface area (Å²) in [5.74, 6) is 0. The van der Waals surface area contributed by atoms with Crippen molar-refractivity contribution < 1.29 is 0 Å². The molecule has 0 fully saturated rings. The molecule has 0 unspecified atom stereocenters. The first kappa shape index (κ1) is 9.63. The van der Waals surface area contributed by atoms with Gasteiger partial charge in [-0.25, -0.2) is 0 Å². The van der Waals surface area contributed by atoms with Gasteiger partial charge in [-0.2, -0.15) is 0 Å². The quantitative estimate of drug-likeness (QED) is 0.536. The van der Waals surface area contributed by atoms with Crippen LogP contribution in [0.2, 0.25) is 0 Å². The molecular weight excluding hydrogens is 190 g/mol. The summed E-state index contributed by atoms with van der Waals surface area (Å²) in [4.78, 5) is 0. The molecule has 56 valence electrons. The van der Waals surface area contributed by atoms with Crippen LogP contribution in [-0.2, 0) is 0 Å². The van der Waals surface area contributed by atoms with Gasteiger partial charge in [0.2, 0.25) is 0 Å². The second kappa shape index (κ2) is 5.42. The summed E-state index contributed by atoms with van der Waals surface area (Å²) < 4.78 is 0.480. The fraction of sp³-hybridized carbons (Fsp3) is 0.375. The zero-order chi connectivity index (χ0) is 7.98. The van der Waals surface area contributed by atoms with E-state index in [4.69, 9.17) is 5.41 Å². The summed E-state index contributed by atoms with van der Waals surface area (Å²) in [6.07, 6.45) is 6.73. The Morgan fingerprint density at radius 3 is 2.50 bits per heavy atom. The van der Waals surface area contributed by atoms with E-state index < -0.39 is 0 Å². The Bertz CT molecular complexity index is 168. The molecule has 0 spiro atoms. The summed E-state index contributed by atoms with van der Waals surface area (Å²) in [5.41, 5.74) is 1.03. The summed E-state index contributed by atoms with van der Waals surface area (Å²) in [6, 6.07) is 0. The third-order valence-electron chi connectivity index (χ3n) is 1.15. The van der Waals surface area contributed by atoms with E-state index in [9.17, 15) is 0 Å². The number of hydrogen-bond donors (Lipinski definition) is 1. The molecule has 0 radical (unpaired) electrons. The highest BCUT2D eigenvalue weighted by molar-refractivity contribution is 9.18. The van der Waals surface area contributed by atoms with Crippen LogP contribution >= 0.6 is 15.9 Å². The summed E-state index contributed by atoms with van der Waals surface area (Å²) >= 11 is 3.11. The molecule has 2 heteroatoms. The maximum absolute atomic E-state index is 7.24. The number of allylic oxidation sites excluding steroid dienone is 4. The lowest BCUT2D eigenvalue weighted by molar-refractivity contribution is 1.17. The molecule has 1 nitrogen and oxygen atoms in total. The van der Waals surface area contributed by atoms with Crippen molar-refractivity contribution in [3.05, 3.63) is 23.8 Å². The van der Waals surface area contributed by atoms with E-state index in [1.54, 1.807) is 0 Å². The van der Waals surface area contributed by atoms with Crippen LogP contribution in [0.1, 0.15) is 20.3 Å². The van der Waals surface area contributed by atoms with Gasteiger partial charge in [0.25, 0.3) is 0 Å². The van der Waals surface area contributed by atoms with Crippen LogP contribution in [0.25, 0.3) is 0 Å². The lowest BCUT2D eigenvalue weighted by Gasteiger charge is -1.95. The highest BCUT2D eigenvalue weighted by Gasteiger charge is 1.94. The minimum Gasteiger partial charge on any atom is -0.293 e. The zero-order valence-corrected chi connectivity index (χ0v) is 7.90. The molecular formula is C8H12BrN. The Morgan fingerprint density at radius 2 is 2.20 bits per heavy atom. The fourth-order valence-electron chi connectivity index (χ4n) is 0.559. The average molecular weight is 202 g/mol. The van der Waals surface area contributed by atoms with Crippen LogP contribution in [0.4, 0.5) is 0 Å². The first-order chi connectivity index (χ1) is 4.72. The molecule has 0 aromatic carbocycles. The topological polar surface area (TPSA) is 23.9 Å². The molecule has 10 heavy (non-hydrogen) atoms. The molecule has 1 N–H and O–H groups in total. The van der Waals surface area contributed by atoms with E-state index in [0.717, 1.165) is 12.0 Å². The molecule has 0 amide bonds. The van der Waals surface area contributed by atoms with Crippen molar-refractivity contribution in [2.24, 2.45) is 0 Å². The molecule has 0 bridgehead atoms. The van der Waals surface area contributed by atoms with E-state index in [1.807, 2.05) is 32.1 Å². The Hall–Kier alpha value is -0.370. The van der Waals surface area contributed by atoms with Crippen molar-refractivity contribution in [2.45, 2.75) is 20.3 Å². The summed E-state index contributed by atoms with van der Waals surface area (Å²) in [7, 11) is 0. The molecule has 0 saturated heterocycles. The predicted octanol–water partition coefficient (Wildman–Crippen LogP) is 3.27. The number of hydrogen-bond acceptors (Lipinski definition) is 1. The van der Waals surface area contributed by atoms with Gasteiger partial charge in [-0.15, -0.1) is 0 Å². The maximum Gasteiger partial charge on any atom is 0.0998 e. The molecule has 0 aromatic rings. The number of nitrogens with one attached hydrogen (secondary N) is 1. The van der Waals surface area contributed by atoms with Gasteiger partial charge in [-0.05, 0) is 34.8 Å².